The van der Waals surface area contributed by atoms with Gasteiger partial charge in [-0.3, -0.25) is 4.90 Å². The van der Waals surface area contributed by atoms with E-state index in [1.165, 1.54) is 27.8 Å². The lowest BCUT2D eigenvalue weighted by atomic mass is 9.77. The van der Waals surface area contributed by atoms with E-state index in [0.29, 0.717) is 39.1 Å². The minimum atomic E-state index is -0.895. The molecule has 2 bridgehead atoms. The Morgan fingerprint density at radius 3 is 1.95 bits per heavy atom. The van der Waals surface area contributed by atoms with Gasteiger partial charge in [-0.2, -0.15) is 0 Å². The van der Waals surface area contributed by atoms with Crippen molar-refractivity contribution in [2.75, 3.05) is 19.8 Å². The van der Waals surface area contributed by atoms with Crippen molar-refractivity contribution in [2.45, 2.75) is 42.9 Å². The Kier molecular flexibility index (Phi) is 6.41. The highest BCUT2D eigenvalue weighted by molar-refractivity contribution is 5.79. The van der Waals surface area contributed by atoms with Crippen molar-refractivity contribution in [1.29, 1.82) is 0 Å². The number of morpholine rings is 1. The molecule has 7 rings (SSSR count). The molecule has 2 saturated heterocycles. The van der Waals surface area contributed by atoms with Gasteiger partial charge in [0.25, 0.3) is 0 Å². The molecule has 4 aromatic carbocycles. The van der Waals surface area contributed by atoms with Crippen molar-refractivity contribution in [2.24, 2.45) is 0 Å². The van der Waals surface area contributed by atoms with Gasteiger partial charge in [0.05, 0.1) is 30.9 Å². The highest BCUT2D eigenvalue weighted by Crippen LogP contribution is 2.45. The number of piperidine rings is 1. The van der Waals surface area contributed by atoms with E-state index in [1.807, 2.05) is 35.2 Å². The zero-order chi connectivity index (χ0) is 27.1. The molecule has 0 spiro atoms. The molecular formula is C35H33NO4. The zero-order valence-corrected chi connectivity index (χ0v) is 22.4. The number of rotatable bonds is 5. The van der Waals surface area contributed by atoms with Crippen molar-refractivity contribution >= 4 is 6.09 Å². The van der Waals surface area contributed by atoms with Crippen molar-refractivity contribution in [1.82, 2.24) is 4.90 Å². The van der Waals surface area contributed by atoms with Gasteiger partial charge >= 0.3 is 6.09 Å². The van der Waals surface area contributed by atoms with Gasteiger partial charge in [-0.15, -0.1) is 0 Å². The number of hydrogen-bond donors (Lipinski definition) is 1. The molecule has 5 heteroatoms. The smallest absolute Gasteiger partial charge is 0.410 e. The molecular weight excluding hydrogens is 498 g/mol. The molecule has 0 radical (unpaired) electrons. The first-order valence-corrected chi connectivity index (χ1v) is 14.2. The second kappa shape index (κ2) is 10.2. The topological polar surface area (TPSA) is 59.0 Å². The average molecular weight is 532 g/mol. The van der Waals surface area contributed by atoms with Crippen LogP contribution < -0.4 is 0 Å². The minimum Gasteiger partial charge on any atom is -0.448 e. The number of aliphatic hydroxyl groups is 1. The summed E-state index contributed by atoms with van der Waals surface area (Å²) >= 11 is 0. The third-order valence-electron chi connectivity index (χ3n) is 8.78. The first kappa shape index (κ1) is 25.1. The third-order valence-corrected chi connectivity index (χ3v) is 8.78. The van der Waals surface area contributed by atoms with E-state index in [9.17, 15) is 9.90 Å². The van der Waals surface area contributed by atoms with E-state index in [1.54, 1.807) is 0 Å². The van der Waals surface area contributed by atoms with Gasteiger partial charge in [0.2, 0.25) is 0 Å². The Bertz CT molecular complexity index is 1460. The molecule has 2 heterocycles. The first-order valence-electron chi connectivity index (χ1n) is 14.2. The molecule has 2 aliphatic heterocycles. The van der Waals surface area contributed by atoms with Crippen molar-refractivity contribution in [3.8, 4) is 22.3 Å². The van der Waals surface area contributed by atoms with E-state index >= 15 is 0 Å². The van der Waals surface area contributed by atoms with Crippen LogP contribution in [0.15, 0.2) is 103 Å². The molecule has 40 heavy (non-hydrogen) atoms. The molecule has 1 N–H and O–H groups in total. The van der Waals surface area contributed by atoms with E-state index in [4.69, 9.17) is 9.47 Å². The second-order valence-electron chi connectivity index (χ2n) is 11.4. The molecule has 4 aromatic rings. The lowest BCUT2D eigenvalue weighted by Crippen LogP contribution is -2.64. The van der Waals surface area contributed by atoms with Crippen molar-refractivity contribution in [3.05, 3.63) is 120 Å². The van der Waals surface area contributed by atoms with Crippen LogP contribution in [0.1, 0.15) is 35.4 Å². The SMILES string of the molecule is O=C(OCC1c2ccccc2-c2ccccc21)N1C2COCC1CC(O)(Cc1ccc(-c3ccccc3)cc1)C2. The molecule has 2 fully saturated rings. The van der Waals surface area contributed by atoms with Gasteiger partial charge in [0, 0.05) is 12.3 Å². The van der Waals surface area contributed by atoms with Crippen LogP contribution in [0.5, 0.6) is 0 Å². The lowest BCUT2D eigenvalue weighted by Gasteiger charge is -2.51. The maximum Gasteiger partial charge on any atom is 0.410 e. The Balaban J connectivity index is 1.03. The Hall–Kier alpha value is -3.93. The van der Waals surface area contributed by atoms with Gasteiger partial charge in [-0.25, -0.2) is 4.79 Å². The summed E-state index contributed by atoms with van der Waals surface area (Å²) in [5.41, 5.74) is 7.36. The van der Waals surface area contributed by atoms with Gasteiger partial charge < -0.3 is 14.6 Å². The summed E-state index contributed by atoms with van der Waals surface area (Å²) < 4.78 is 11.8. The molecule has 1 aliphatic carbocycles. The van der Waals surface area contributed by atoms with Crippen LogP contribution in [0.25, 0.3) is 22.3 Å². The zero-order valence-electron chi connectivity index (χ0n) is 22.4. The summed E-state index contributed by atoms with van der Waals surface area (Å²) in [5.74, 6) is 0.0213. The first-order chi connectivity index (χ1) is 19.6. The summed E-state index contributed by atoms with van der Waals surface area (Å²) in [4.78, 5) is 15.3. The van der Waals surface area contributed by atoms with Gasteiger partial charge in [-0.1, -0.05) is 103 Å². The molecule has 0 aromatic heterocycles. The number of carbonyl (C=O) groups excluding carboxylic acids is 1. The van der Waals surface area contributed by atoms with Crippen LogP contribution in [-0.4, -0.2) is 53.6 Å². The van der Waals surface area contributed by atoms with Crippen molar-refractivity contribution in [3.63, 3.8) is 0 Å². The number of ether oxygens (including phenoxy) is 2. The number of nitrogens with zero attached hydrogens (tertiary/aromatic N) is 1. The molecule has 0 saturated carbocycles. The molecule has 3 aliphatic rings. The fraction of sp³-hybridized carbons (Fsp3) is 0.286. The van der Waals surface area contributed by atoms with Crippen LogP contribution in [0.2, 0.25) is 0 Å². The van der Waals surface area contributed by atoms with Gasteiger partial charge in [-0.05, 0) is 51.8 Å². The summed E-state index contributed by atoms with van der Waals surface area (Å²) in [5, 5.41) is 11.7. The summed E-state index contributed by atoms with van der Waals surface area (Å²) in [6, 6.07) is 35.0. The van der Waals surface area contributed by atoms with Crippen molar-refractivity contribution < 1.29 is 19.4 Å². The number of benzene rings is 4. The minimum absolute atomic E-state index is 0.0213. The fourth-order valence-corrected chi connectivity index (χ4v) is 7.01. The molecule has 2 atom stereocenters. The van der Waals surface area contributed by atoms with E-state index in [-0.39, 0.29) is 24.1 Å². The number of fused-ring (bicyclic) bond motifs is 5. The lowest BCUT2D eigenvalue weighted by molar-refractivity contribution is -0.132. The van der Waals surface area contributed by atoms with Crippen LogP contribution in [0.3, 0.4) is 0 Å². The average Bonchev–Trinajstić information content (AvgIpc) is 3.30. The monoisotopic (exact) mass is 531 g/mol. The van der Waals surface area contributed by atoms with E-state index < -0.39 is 5.60 Å². The maximum atomic E-state index is 13.5. The van der Waals surface area contributed by atoms with Crippen LogP contribution >= 0.6 is 0 Å². The fourth-order valence-electron chi connectivity index (χ4n) is 7.01. The van der Waals surface area contributed by atoms with E-state index in [2.05, 4.69) is 72.8 Å². The maximum absolute atomic E-state index is 13.5. The highest BCUT2D eigenvalue weighted by atomic mass is 16.6. The number of carbonyl (C=O) groups is 1. The predicted octanol–water partition coefficient (Wildman–Crippen LogP) is 6.44. The normalized spacial score (nSPS) is 23.4. The number of amides is 1. The van der Waals surface area contributed by atoms with Crippen LogP contribution in [-0.2, 0) is 15.9 Å². The Morgan fingerprint density at radius 2 is 1.32 bits per heavy atom. The standard InChI is InChI=1S/C35H33NO4/c37-34(40-23-33-31-12-6-4-10-29(31)30-11-5-7-13-32(30)33)36-27-19-35(38,20-28(36)22-39-21-27)18-24-14-16-26(17-15-24)25-8-2-1-3-9-25/h1-17,27-28,33,38H,18-23H2. The van der Waals surface area contributed by atoms with Crippen LogP contribution in [0.4, 0.5) is 4.79 Å². The number of hydrogen-bond acceptors (Lipinski definition) is 4. The highest BCUT2D eigenvalue weighted by Gasteiger charge is 2.48. The summed E-state index contributed by atoms with van der Waals surface area (Å²) in [7, 11) is 0. The molecule has 5 nitrogen and oxygen atoms in total. The Labute approximate surface area is 235 Å². The Morgan fingerprint density at radius 1 is 0.775 bits per heavy atom. The van der Waals surface area contributed by atoms with Gasteiger partial charge in [0.1, 0.15) is 6.61 Å². The van der Waals surface area contributed by atoms with Crippen LogP contribution in [0, 0.1) is 0 Å². The summed E-state index contributed by atoms with van der Waals surface area (Å²) in [6.45, 7) is 1.12. The summed E-state index contributed by atoms with van der Waals surface area (Å²) in [6.07, 6.45) is 1.17. The quantitative estimate of drug-likeness (QED) is 0.322. The molecule has 2 unspecified atom stereocenters. The molecule has 1 amide bonds. The van der Waals surface area contributed by atoms with E-state index in [0.717, 1.165) is 11.1 Å². The second-order valence-corrected chi connectivity index (χ2v) is 11.4. The third kappa shape index (κ3) is 4.59. The largest absolute Gasteiger partial charge is 0.448 e. The van der Waals surface area contributed by atoms with Gasteiger partial charge in [0.15, 0.2) is 0 Å². The molecule has 202 valence electrons. The predicted molar refractivity (Wildman–Crippen MR) is 155 cm³/mol.